The molecule has 2 heteroatoms. The molecule has 0 aliphatic rings. The lowest BCUT2D eigenvalue weighted by molar-refractivity contribution is -0.113. The first kappa shape index (κ1) is 11.8. The third kappa shape index (κ3) is 6.05. The van der Waals surface area contributed by atoms with E-state index in [0.717, 1.165) is 12.1 Å². The first-order valence-electron chi connectivity index (χ1n) is 4.37. The fraction of sp³-hybridized carbons (Fsp3) is 0.364. The second-order valence-corrected chi connectivity index (χ2v) is 2.66. The SMILES string of the molecule is C\C=C/C=C\C(=C\CNC)C(C)=O. The fourth-order valence-corrected chi connectivity index (χ4v) is 0.811. The van der Waals surface area contributed by atoms with E-state index in [2.05, 4.69) is 5.32 Å². The molecule has 0 heterocycles. The molecule has 0 aliphatic carbocycles. The Morgan fingerprint density at radius 1 is 1.38 bits per heavy atom. The highest BCUT2D eigenvalue weighted by molar-refractivity contribution is 5.96. The van der Waals surface area contributed by atoms with Gasteiger partial charge in [0.15, 0.2) is 5.78 Å². The van der Waals surface area contributed by atoms with Gasteiger partial charge in [0, 0.05) is 12.1 Å². The van der Waals surface area contributed by atoms with Crippen LogP contribution in [0, 0.1) is 0 Å². The normalized spacial score (nSPS) is 13.0. The predicted octanol–water partition coefficient (Wildman–Crippen LogP) is 1.85. The van der Waals surface area contributed by atoms with Gasteiger partial charge in [0.25, 0.3) is 0 Å². The van der Waals surface area contributed by atoms with E-state index in [1.54, 1.807) is 6.92 Å². The van der Waals surface area contributed by atoms with Crippen molar-refractivity contribution in [3.05, 3.63) is 36.0 Å². The molecule has 1 N–H and O–H groups in total. The summed E-state index contributed by atoms with van der Waals surface area (Å²) in [5.74, 6) is 0.0935. The van der Waals surface area contributed by atoms with Crippen molar-refractivity contribution in [2.24, 2.45) is 0 Å². The average molecular weight is 179 g/mol. The minimum absolute atomic E-state index is 0.0935. The predicted molar refractivity (Wildman–Crippen MR) is 56.6 cm³/mol. The van der Waals surface area contributed by atoms with Gasteiger partial charge >= 0.3 is 0 Å². The second-order valence-electron chi connectivity index (χ2n) is 2.66. The van der Waals surface area contributed by atoms with Crippen molar-refractivity contribution in [3.63, 3.8) is 0 Å². The zero-order valence-electron chi connectivity index (χ0n) is 8.50. The van der Waals surface area contributed by atoms with Crippen molar-refractivity contribution >= 4 is 5.78 Å². The van der Waals surface area contributed by atoms with E-state index in [1.807, 2.05) is 44.4 Å². The van der Waals surface area contributed by atoms with E-state index in [4.69, 9.17) is 0 Å². The Hall–Kier alpha value is -1.15. The summed E-state index contributed by atoms with van der Waals surface area (Å²) >= 11 is 0. The van der Waals surface area contributed by atoms with E-state index in [1.165, 1.54) is 0 Å². The molecule has 13 heavy (non-hydrogen) atoms. The number of allylic oxidation sites excluding steroid dienone is 5. The molecule has 0 aromatic heterocycles. The fourth-order valence-electron chi connectivity index (χ4n) is 0.811. The molecule has 0 aromatic rings. The number of nitrogens with one attached hydrogen (secondary N) is 1. The van der Waals surface area contributed by atoms with Crippen molar-refractivity contribution in [1.29, 1.82) is 0 Å². The Bertz CT molecular complexity index is 236. The highest BCUT2D eigenvalue weighted by Crippen LogP contribution is 1.98. The van der Waals surface area contributed by atoms with Crippen LogP contribution < -0.4 is 5.32 Å². The van der Waals surface area contributed by atoms with Crippen LogP contribution >= 0.6 is 0 Å². The topological polar surface area (TPSA) is 29.1 Å². The molecule has 0 fully saturated rings. The third-order valence-electron chi connectivity index (χ3n) is 1.51. The number of carbonyl (C=O) groups excluding carboxylic acids is 1. The number of hydrogen-bond acceptors (Lipinski definition) is 2. The van der Waals surface area contributed by atoms with Crippen molar-refractivity contribution in [2.75, 3.05) is 13.6 Å². The maximum absolute atomic E-state index is 11.1. The standard InChI is InChI=1S/C11H17NO/c1-4-5-6-7-11(10(2)13)8-9-12-3/h4-8,12H,9H2,1-3H3/b5-4-,7-6-,11-8-. The first-order valence-corrected chi connectivity index (χ1v) is 4.37. The van der Waals surface area contributed by atoms with Crippen LogP contribution in [0.1, 0.15) is 13.8 Å². The molecule has 0 saturated carbocycles. The number of Topliss-reactive ketones (excluding diaryl/α,β-unsaturated/α-hetero) is 1. The van der Waals surface area contributed by atoms with Crippen LogP contribution in [0.25, 0.3) is 0 Å². The van der Waals surface area contributed by atoms with E-state index in [-0.39, 0.29) is 5.78 Å². The Morgan fingerprint density at radius 3 is 2.54 bits per heavy atom. The molecule has 0 atom stereocenters. The quantitative estimate of drug-likeness (QED) is 0.515. The van der Waals surface area contributed by atoms with Gasteiger partial charge in [0.05, 0.1) is 0 Å². The van der Waals surface area contributed by atoms with Crippen molar-refractivity contribution in [1.82, 2.24) is 5.32 Å². The van der Waals surface area contributed by atoms with Gasteiger partial charge in [-0.05, 0) is 20.9 Å². The van der Waals surface area contributed by atoms with Crippen LogP contribution in [0.2, 0.25) is 0 Å². The number of ketones is 1. The van der Waals surface area contributed by atoms with Gasteiger partial charge in [-0.3, -0.25) is 4.79 Å². The Morgan fingerprint density at radius 2 is 2.08 bits per heavy atom. The average Bonchev–Trinajstić information content (AvgIpc) is 2.10. The molecule has 2 nitrogen and oxygen atoms in total. The summed E-state index contributed by atoms with van der Waals surface area (Å²) < 4.78 is 0. The maximum Gasteiger partial charge on any atom is 0.159 e. The van der Waals surface area contributed by atoms with Crippen LogP contribution in [0.15, 0.2) is 36.0 Å². The van der Waals surface area contributed by atoms with Crippen LogP contribution in [0.5, 0.6) is 0 Å². The molecule has 0 unspecified atom stereocenters. The Balaban J connectivity index is 4.34. The molecule has 0 rings (SSSR count). The maximum atomic E-state index is 11.1. The zero-order valence-corrected chi connectivity index (χ0v) is 8.50. The van der Waals surface area contributed by atoms with Gasteiger partial charge in [-0.15, -0.1) is 0 Å². The summed E-state index contributed by atoms with van der Waals surface area (Å²) in [5.41, 5.74) is 0.743. The van der Waals surface area contributed by atoms with Gasteiger partial charge in [-0.2, -0.15) is 0 Å². The van der Waals surface area contributed by atoms with E-state index >= 15 is 0 Å². The first-order chi connectivity index (χ1) is 6.22. The van der Waals surface area contributed by atoms with Crippen molar-refractivity contribution < 1.29 is 4.79 Å². The largest absolute Gasteiger partial charge is 0.316 e. The van der Waals surface area contributed by atoms with E-state index in [0.29, 0.717) is 0 Å². The molecule has 0 aromatic carbocycles. The minimum Gasteiger partial charge on any atom is -0.316 e. The zero-order chi connectivity index (χ0) is 10.1. The number of likely N-dealkylation sites (N-methyl/N-ethyl adjacent to an activating group) is 1. The number of rotatable bonds is 5. The number of hydrogen-bond donors (Lipinski definition) is 1. The lowest BCUT2D eigenvalue weighted by atomic mass is 10.1. The highest BCUT2D eigenvalue weighted by atomic mass is 16.1. The summed E-state index contributed by atoms with van der Waals surface area (Å²) in [6, 6.07) is 0. The van der Waals surface area contributed by atoms with Gasteiger partial charge < -0.3 is 5.32 Å². The Kier molecular flexibility index (Phi) is 6.83. The van der Waals surface area contributed by atoms with Crippen LogP contribution in [-0.2, 0) is 4.79 Å². The molecule has 0 amide bonds. The van der Waals surface area contributed by atoms with Gasteiger partial charge in [-0.1, -0.05) is 30.4 Å². The summed E-state index contributed by atoms with van der Waals surface area (Å²) in [5, 5.41) is 2.96. The highest BCUT2D eigenvalue weighted by Gasteiger charge is 1.96. The minimum atomic E-state index is 0.0935. The molecule has 0 aliphatic heterocycles. The van der Waals surface area contributed by atoms with Gasteiger partial charge in [-0.25, -0.2) is 0 Å². The molecular formula is C11H17NO. The van der Waals surface area contributed by atoms with E-state index in [9.17, 15) is 4.79 Å². The smallest absolute Gasteiger partial charge is 0.159 e. The molecule has 0 radical (unpaired) electrons. The monoisotopic (exact) mass is 179 g/mol. The summed E-state index contributed by atoms with van der Waals surface area (Å²) in [6.07, 6.45) is 9.38. The van der Waals surface area contributed by atoms with Crippen LogP contribution in [0.4, 0.5) is 0 Å². The molecule has 72 valence electrons. The summed E-state index contributed by atoms with van der Waals surface area (Å²) in [6.45, 7) is 4.23. The summed E-state index contributed by atoms with van der Waals surface area (Å²) in [4.78, 5) is 11.1. The Labute approximate surface area is 80.0 Å². The lowest BCUT2D eigenvalue weighted by Crippen LogP contribution is -2.06. The lowest BCUT2D eigenvalue weighted by Gasteiger charge is -1.95. The summed E-state index contributed by atoms with van der Waals surface area (Å²) in [7, 11) is 1.85. The van der Waals surface area contributed by atoms with Crippen molar-refractivity contribution in [2.45, 2.75) is 13.8 Å². The molecule has 0 saturated heterocycles. The van der Waals surface area contributed by atoms with Crippen LogP contribution in [-0.4, -0.2) is 19.4 Å². The van der Waals surface area contributed by atoms with Crippen LogP contribution in [0.3, 0.4) is 0 Å². The third-order valence-corrected chi connectivity index (χ3v) is 1.51. The van der Waals surface area contributed by atoms with Gasteiger partial charge in [0.1, 0.15) is 0 Å². The van der Waals surface area contributed by atoms with Gasteiger partial charge in [0.2, 0.25) is 0 Å². The molecule has 0 spiro atoms. The van der Waals surface area contributed by atoms with E-state index < -0.39 is 0 Å². The van der Waals surface area contributed by atoms with Crippen molar-refractivity contribution in [3.8, 4) is 0 Å². The second kappa shape index (κ2) is 7.50. The molecular weight excluding hydrogens is 162 g/mol. The number of carbonyl (C=O) groups is 1. The molecule has 0 bridgehead atoms.